The third kappa shape index (κ3) is 5.81. The zero-order valence-electron chi connectivity index (χ0n) is 17.2. The number of imidazole rings is 1. The van der Waals surface area contributed by atoms with E-state index in [0.717, 1.165) is 49.2 Å². The van der Waals surface area contributed by atoms with Gasteiger partial charge in [-0.15, -0.1) is 0 Å². The van der Waals surface area contributed by atoms with Crippen molar-refractivity contribution >= 4 is 40.3 Å². The van der Waals surface area contributed by atoms with Gasteiger partial charge < -0.3 is 14.8 Å². The molecule has 1 aromatic carbocycles. The van der Waals surface area contributed by atoms with Crippen LogP contribution in [0.4, 0.5) is 5.95 Å². The van der Waals surface area contributed by atoms with Crippen molar-refractivity contribution in [3.63, 3.8) is 0 Å². The molecule has 3 aromatic rings. The van der Waals surface area contributed by atoms with Crippen molar-refractivity contribution in [3.8, 4) is 0 Å². The second-order valence-electron chi connectivity index (χ2n) is 7.23. The van der Waals surface area contributed by atoms with E-state index in [9.17, 15) is 0 Å². The van der Waals surface area contributed by atoms with Crippen molar-refractivity contribution in [3.05, 3.63) is 46.3 Å². The predicted octanol–water partition coefficient (Wildman–Crippen LogP) is 5.10. The van der Waals surface area contributed by atoms with Gasteiger partial charge in [0.15, 0.2) is 5.65 Å². The Labute approximate surface area is 182 Å². The molecular formula is C21H28Cl2N6. The van der Waals surface area contributed by atoms with Crippen molar-refractivity contribution in [2.24, 2.45) is 0 Å². The van der Waals surface area contributed by atoms with Gasteiger partial charge in [-0.1, -0.05) is 43.1 Å². The first-order valence-corrected chi connectivity index (χ1v) is 10.9. The quantitative estimate of drug-likeness (QED) is 0.480. The third-order valence-electron chi connectivity index (χ3n) is 5.10. The van der Waals surface area contributed by atoms with Gasteiger partial charge >= 0.3 is 0 Å². The topological polar surface area (TPSA) is 58.9 Å². The second-order valence-corrected chi connectivity index (χ2v) is 8.07. The van der Waals surface area contributed by atoms with Crippen LogP contribution in [0.5, 0.6) is 0 Å². The van der Waals surface area contributed by atoms with Gasteiger partial charge in [0.25, 0.3) is 0 Å². The summed E-state index contributed by atoms with van der Waals surface area (Å²) in [5.41, 5.74) is 2.51. The van der Waals surface area contributed by atoms with E-state index in [1.54, 1.807) is 18.6 Å². The molecule has 3 rings (SSSR count). The first-order chi connectivity index (χ1) is 14.0. The molecule has 1 unspecified atom stereocenters. The number of benzene rings is 1. The maximum Gasteiger partial charge on any atom is 0.224 e. The fraction of sp³-hybridized carbons (Fsp3) is 0.476. The van der Waals surface area contributed by atoms with Gasteiger partial charge in [0, 0.05) is 16.1 Å². The zero-order valence-corrected chi connectivity index (χ0v) is 18.7. The van der Waals surface area contributed by atoms with Crippen LogP contribution in [0.15, 0.2) is 30.7 Å². The Hall–Kier alpha value is -1.89. The van der Waals surface area contributed by atoms with Crippen molar-refractivity contribution in [2.75, 3.05) is 25.0 Å². The Balaban J connectivity index is 1.67. The highest BCUT2D eigenvalue weighted by molar-refractivity contribution is 6.35. The molecule has 156 valence electrons. The van der Waals surface area contributed by atoms with Gasteiger partial charge in [-0.3, -0.25) is 0 Å². The van der Waals surface area contributed by atoms with Crippen LogP contribution in [-0.4, -0.2) is 50.1 Å². The van der Waals surface area contributed by atoms with Crippen molar-refractivity contribution < 1.29 is 0 Å². The molecule has 2 aromatic heterocycles. The van der Waals surface area contributed by atoms with Crippen molar-refractivity contribution in [2.45, 2.75) is 46.2 Å². The molecule has 29 heavy (non-hydrogen) atoms. The van der Waals surface area contributed by atoms with E-state index in [2.05, 4.69) is 41.0 Å². The van der Waals surface area contributed by atoms with Crippen LogP contribution in [-0.2, 0) is 6.54 Å². The highest BCUT2D eigenvalue weighted by Crippen LogP contribution is 2.23. The van der Waals surface area contributed by atoms with E-state index in [0.29, 0.717) is 28.6 Å². The molecule has 0 saturated heterocycles. The molecule has 0 saturated carbocycles. The molecule has 1 N–H and O–H groups in total. The zero-order chi connectivity index (χ0) is 20.8. The van der Waals surface area contributed by atoms with Crippen molar-refractivity contribution in [1.82, 2.24) is 24.4 Å². The molecule has 8 heteroatoms. The minimum absolute atomic E-state index is 0.296. The van der Waals surface area contributed by atoms with Gasteiger partial charge in [-0.05, 0) is 57.1 Å². The van der Waals surface area contributed by atoms with E-state index in [-0.39, 0.29) is 0 Å². The standard InChI is InChI=1S/C21H28Cl2N6/c1-4-28(5-2)10-6-7-15(3)26-21-24-12-19-20(27-21)29(14-25-19)13-16-8-9-17(22)11-18(16)23/h8-9,11-12,14-15H,4-7,10,13H2,1-3H3,(H,24,26,27). The molecule has 0 bridgehead atoms. The molecule has 0 aliphatic heterocycles. The molecule has 0 radical (unpaired) electrons. The lowest BCUT2D eigenvalue weighted by Crippen LogP contribution is -2.26. The summed E-state index contributed by atoms with van der Waals surface area (Å²) in [7, 11) is 0. The highest BCUT2D eigenvalue weighted by atomic mass is 35.5. The van der Waals surface area contributed by atoms with Crippen LogP contribution in [0.3, 0.4) is 0 Å². The summed E-state index contributed by atoms with van der Waals surface area (Å²) in [6, 6.07) is 5.81. The number of hydrogen-bond acceptors (Lipinski definition) is 5. The number of fused-ring (bicyclic) bond motifs is 1. The predicted molar refractivity (Wildman–Crippen MR) is 121 cm³/mol. The monoisotopic (exact) mass is 434 g/mol. The Bertz CT molecular complexity index is 938. The van der Waals surface area contributed by atoms with Gasteiger partial charge in [0.1, 0.15) is 5.52 Å². The average molecular weight is 435 g/mol. The lowest BCUT2D eigenvalue weighted by molar-refractivity contribution is 0.295. The Morgan fingerprint density at radius 1 is 1.17 bits per heavy atom. The van der Waals surface area contributed by atoms with E-state index in [1.165, 1.54) is 0 Å². The summed E-state index contributed by atoms with van der Waals surface area (Å²) in [4.78, 5) is 16.0. The summed E-state index contributed by atoms with van der Waals surface area (Å²) in [5.74, 6) is 0.622. The maximum atomic E-state index is 6.32. The highest BCUT2D eigenvalue weighted by Gasteiger charge is 2.11. The molecule has 0 aliphatic carbocycles. The third-order valence-corrected chi connectivity index (χ3v) is 5.68. The van der Waals surface area contributed by atoms with E-state index < -0.39 is 0 Å². The number of halogens is 2. The number of aromatic nitrogens is 4. The Morgan fingerprint density at radius 3 is 2.69 bits per heavy atom. The minimum Gasteiger partial charge on any atom is -0.352 e. The maximum absolute atomic E-state index is 6.32. The molecule has 0 amide bonds. The van der Waals surface area contributed by atoms with Gasteiger partial charge in [0.2, 0.25) is 5.95 Å². The molecule has 0 aliphatic rings. The summed E-state index contributed by atoms with van der Waals surface area (Å²) in [6.45, 7) is 10.5. The fourth-order valence-corrected chi connectivity index (χ4v) is 3.80. The number of anilines is 1. The number of nitrogens with zero attached hydrogens (tertiary/aromatic N) is 5. The van der Waals surface area contributed by atoms with E-state index in [1.807, 2.05) is 16.7 Å². The number of rotatable bonds is 10. The summed E-state index contributed by atoms with van der Waals surface area (Å²) >= 11 is 12.3. The number of nitrogens with one attached hydrogen (secondary N) is 1. The number of hydrogen-bond donors (Lipinski definition) is 1. The van der Waals surface area contributed by atoms with Crippen LogP contribution < -0.4 is 5.32 Å². The lowest BCUT2D eigenvalue weighted by Gasteiger charge is -2.19. The van der Waals surface area contributed by atoms with E-state index in [4.69, 9.17) is 28.2 Å². The molecule has 0 spiro atoms. The SMILES string of the molecule is CCN(CC)CCCC(C)Nc1ncc2ncn(Cc3ccc(Cl)cc3Cl)c2n1. The largest absolute Gasteiger partial charge is 0.352 e. The van der Waals surface area contributed by atoms with Crippen LogP contribution >= 0.6 is 23.2 Å². The smallest absolute Gasteiger partial charge is 0.224 e. The molecule has 0 fully saturated rings. The lowest BCUT2D eigenvalue weighted by atomic mass is 10.2. The van der Waals surface area contributed by atoms with Crippen LogP contribution in [0.1, 0.15) is 39.2 Å². The molecule has 2 heterocycles. The fourth-order valence-electron chi connectivity index (χ4n) is 3.33. The first-order valence-electron chi connectivity index (χ1n) is 10.1. The van der Waals surface area contributed by atoms with Gasteiger partial charge in [0.05, 0.1) is 19.1 Å². The summed E-state index contributed by atoms with van der Waals surface area (Å²) < 4.78 is 1.97. The first kappa shape index (κ1) is 21.8. The Kier molecular flexibility index (Phi) is 7.70. The molecule has 1 atom stereocenters. The van der Waals surface area contributed by atoms with Crippen molar-refractivity contribution in [1.29, 1.82) is 0 Å². The van der Waals surface area contributed by atoms with Crippen LogP contribution in [0.25, 0.3) is 11.2 Å². The van der Waals surface area contributed by atoms with Gasteiger partial charge in [-0.25, -0.2) is 9.97 Å². The Morgan fingerprint density at radius 2 is 1.97 bits per heavy atom. The molecular weight excluding hydrogens is 407 g/mol. The normalized spacial score (nSPS) is 12.6. The van der Waals surface area contributed by atoms with Gasteiger partial charge in [-0.2, -0.15) is 4.98 Å². The van der Waals surface area contributed by atoms with Crippen LogP contribution in [0.2, 0.25) is 10.0 Å². The average Bonchev–Trinajstić information content (AvgIpc) is 3.09. The van der Waals surface area contributed by atoms with Crippen LogP contribution in [0, 0.1) is 0 Å². The summed E-state index contributed by atoms with van der Waals surface area (Å²) in [6.07, 6.45) is 5.73. The minimum atomic E-state index is 0.296. The molecule has 6 nitrogen and oxygen atoms in total. The van der Waals surface area contributed by atoms with E-state index >= 15 is 0 Å². The summed E-state index contributed by atoms with van der Waals surface area (Å²) in [5, 5.41) is 4.67. The second kappa shape index (κ2) is 10.2.